The number of fused-ring (bicyclic) bond motifs is 1. The highest BCUT2D eigenvalue weighted by Gasteiger charge is 2.09. The fraction of sp³-hybridized carbons (Fsp3) is 0.0588. The van der Waals surface area contributed by atoms with Gasteiger partial charge in [-0.3, -0.25) is 4.98 Å². The van der Waals surface area contributed by atoms with E-state index in [-0.39, 0.29) is 12.4 Å². The van der Waals surface area contributed by atoms with Gasteiger partial charge < -0.3 is 9.84 Å². The number of carbonyl (C=O) groups excluding carboxylic acids is 1. The van der Waals surface area contributed by atoms with E-state index in [9.17, 15) is 9.90 Å². The molecule has 0 atom stereocenters. The van der Waals surface area contributed by atoms with Crippen LogP contribution in [0.3, 0.4) is 0 Å². The Morgan fingerprint density at radius 3 is 2.76 bits per heavy atom. The number of rotatable bonds is 3. The maximum Gasteiger partial charge on any atom is 0.338 e. The molecule has 21 heavy (non-hydrogen) atoms. The Balaban J connectivity index is 1.79. The zero-order chi connectivity index (χ0) is 14.7. The molecule has 0 unspecified atom stereocenters. The number of nitrogens with zero attached hydrogens (tertiary/aromatic N) is 1. The summed E-state index contributed by atoms with van der Waals surface area (Å²) in [6.07, 6.45) is 1.71. The van der Waals surface area contributed by atoms with Gasteiger partial charge in [-0.15, -0.1) is 0 Å². The molecule has 2 aromatic carbocycles. The summed E-state index contributed by atoms with van der Waals surface area (Å²) in [5, 5.41) is 10.4. The first kappa shape index (κ1) is 13.1. The van der Waals surface area contributed by atoms with E-state index in [0.717, 1.165) is 16.5 Å². The van der Waals surface area contributed by atoms with Gasteiger partial charge in [0, 0.05) is 17.1 Å². The van der Waals surface area contributed by atoms with Gasteiger partial charge in [0.2, 0.25) is 0 Å². The minimum atomic E-state index is -0.473. The molecule has 4 heteroatoms. The fourth-order valence-corrected chi connectivity index (χ4v) is 2.14. The molecule has 1 aromatic heterocycles. The summed E-state index contributed by atoms with van der Waals surface area (Å²) < 4.78 is 5.29. The molecule has 0 amide bonds. The Kier molecular flexibility index (Phi) is 3.51. The van der Waals surface area contributed by atoms with Crippen molar-refractivity contribution in [1.82, 2.24) is 4.98 Å². The second-order valence-electron chi connectivity index (χ2n) is 4.62. The quantitative estimate of drug-likeness (QED) is 0.747. The van der Waals surface area contributed by atoms with Crippen LogP contribution in [0.1, 0.15) is 15.9 Å². The van der Waals surface area contributed by atoms with Crippen molar-refractivity contribution in [1.29, 1.82) is 0 Å². The molecular weight excluding hydrogens is 266 g/mol. The van der Waals surface area contributed by atoms with Crippen LogP contribution in [-0.4, -0.2) is 16.1 Å². The molecule has 104 valence electrons. The fourth-order valence-electron chi connectivity index (χ4n) is 2.14. The molecule has 0 saturated carbocycles. The van der Waals surface area contributed by atoms with Crippen LogP contribution in [-0.2, 0) is 11.3 Å². The Morgan fingerprint density at radius 2 is 1.90 bits per heavy atom. The van der Waals surface area contributed by atoms with E-state index < -0.39 is 5.97 Å². The number of ether oxygens (including phenoxy) is 1. The Morgan fingerprint density at radius 1 is 1.10 bits per heavy atom. The Hall–Kier alpha value is -2.88. The van der Waals surface area contributed by atoms with E-state index in [2.05, 4.69) is 4.98 Å². The van der Waals surface area contributed by atoms with Crippen molar-refractivity contribution in [3.05, 3.63) is 71.9 Å². The Labute approximate surface area is 121 Å². The van der Waals surface area contributed by atoms with E-state index in [1.807, 2.05) is 30.3 Å². The van der Waals surface area contributed by atoms with Gasteiger partial charge in [-0.2, -0.15) is 0 Å². The standard InChI is InChI=1S/C17H13NO3/c19-15-8-2-5-13(10-15)17(20)21-11-14-6-1-4-12-7-3-9-18-16(12)14/h1-10,19H,11H2. The molecule has 0 fully saturated rings. The molecule has 3 aromatic rings. The van der Waals surface area contributed by atoms with Crippen molar-refractivity contribution in [2.75, 3.05) is 0 Å². The van der Waals surface area contributed by atoms with E-state index >= 15 is 0 Å². The van der Waals surface area contributed by atoms with Crippen molar-refractivity contribution in [2.45, 2.75) is 6.61 Å². The third kappa shape index (κ3) is 2.84. The van der Waals surface area contributed by atoms with Crippen molar-refractivity contribution in [3.63, 3.8) is 0 Å². The molecule has 0 aliphatic carbocycles. The number of aromatic hydroxyl groups is 1. The predicted molar refractivity (Wildman–Crippen MR) is 79.0 cm³/mol. The lowest BCUT2D eigenvalue weighted by Gasteiger charge is -2.07. The number of pyridine rings is 1. The molecule has 1 N–H and O–H groups in total. The monoisotopic (exact) mass is 279 g/mol. The second kappa shape index (κ2) is 5.63. The molecule has 0 bridgehead atoms. The van der Waals surface area contributed by atoms with E-state index in [1.54, 1.807) is 18.3 Å². The zero-order valence-corrected chi connectivity index (χ0v) is 11.2. The van der Waals surface area contributed by atoms with Crippen LogP contribution in [0.2, 0.25) is 0 Å². The number of phenolic OH excluding ortho intramolecular Hbond substituents is 1. The first-order chi connectivity index (χ1) is 10.2. The molecule has 0 aliphatic rings. The molecule has 1 heterocycles. The van der Waals surface area contributed by atoms with Gasteiger partial charge in [0.25, 0.3) is 0 Å². The third-order valence-corrected chi connectivity index (χ3v) is 3.16. The number of carbonyl (C=O) groups is 1. The topological polar surface area (TPSA) is 59.4 Å². The van der Waals surface area contributed by atoms with Crippen molar-refractivity contribution >= 4 is 16.9 Å². The van der Waals surface area contributed by atoms with Crippen LogP contribution in [0.5, 0.6) is 5.75 Å². The number of benzene rings is 2. The summed E-state index contributed by atoms with van der Waals surface area (Å²) in [7, 11) is 0. The smallest absolute Gasteiger partial charge is 0.338 e. The number of hydrogen-bond donors (Lipinski definition) is 1. The van der Waals surface area contributed by atoms with Gasteiger partial charge in [0.05, 0.1) is 11.1 Å². The summed E-state index contributed by atoms with van der Waals surface area (Å²) in [6, 6.07) is 15.7. The van der Waals surface area contributed by atoms with E-state index in [1.165, 1.54) is 12.1 Å². The third-order valence-electron chi connectivity index (χ3n) is 3.16. The van der Waals surface area contributed by atoms with Crippen LogP contribution in [0.15, 0.2) is 60.8 Å². The number of para-hydroxylation sites is 1. The first-order valence-electron chi connectivity index (χ1n) is 6.53. The lowest BCUT2D eigenvalue weighted by Crippen LogP contribution is -2.05. The molecule has 4 nitrogen and oxygen atoms in total. The van der Waals surface area contributed by atoms with Gasteiger partial charge in [-0.1, -0.05) is 30.3 Å². The Bertz CT molecular complexity index is 793. The minimum Gasteiger partial charge on any atom is -0.508 e. The minimum absolute atomic E-state index is 0.0382. The molecule has 0 aliphatic heterocycles. The second-order valence-corrected chi connectivity index (χ2v) is 4.62. The SMILES string of the molecule is O=C(OCc1cccc2cccnc12)c1cccc(O)c1. The van der Waals surface area contributed by atoms with Crippen LogP contribution in [0.25, 0.3) is 10.9 Å². The number of hydrogen-bond acceptors (Lipinski definition) is 4. The molecule has 0 radical (unpaired) electrons. The van der Waals surface area contributed by atoms with Crippen LogP contribution in [0.4, 0.5) is 0 Å². The van der Waals surface area contributed by atoms with Gasteiger partial charge >= 0.3 is 5.97 Å². The highest BCUT2D eigenvalue weighted by molar-refractivity contribution is 5.90. The van der Waals surface area contributed by atoms with Crippen LogP contribution in [0, 0.1) is 0 Å². The summed E-state index contributed by atoms with van der Waals surface area (Å²) in [5.74, 6) is -0.435. The molecular formula is C17H13NO3. The van der Waals surface area contributed by atoms with Crippen molar-refractivity contribution in [2.24, 2.45) is 0 Å². The number of phenols is 1. The van der Waals surface area contributed by atoms with Crippen molar-refractivity contribution < 1.29 is 14.6 Å². The van der Waals surface area contributed by atoms with E-state index in [0.29, 0.717) is 5.56 Å². The highest BCUT2D eigenvalue weighted by atomic mass is 16.5. The lowest BCUT2D eigenvalue weighted by atomic mass is 10.1. The van der Waals surface area contributed by atoms with E-state index in [4.69, 9.17) is 4.74 Å². The highest BCUT2D eigenvalue weighted by Crippen LogP contribution is 2.18. The molecule has 0 saturated heterocycles. The normalized spacial score (nSPS) is 10.5. The zero-order valence-electron chi connectivity index (χ0n) is 11.2. The number of esters is 1. The predicted octanol–water partition coefficient (Wildman–Crippen LogP) is 3.30. The van der Waals surface area contributed by atoms with Gasteiger partial charge in [0.15, 0.2) is 0 Å². The summed E-state index contributed by atoms with van der Waals surface area (Å²) in [5.41, 5.74) is 1.99. The molecule has 3 rings (SSSR count). The van der Waals surface area contributed by atoms with Crippen LogP contribution >= 0.6 is 0 Å². The van der Waals surface area contributed by atoms with Gasteiger partial charge in [-0.05, 0) is 24.3 Å². The maximum atomic E-state index is 12.0. The maximum absolute atomic E-state index is 12.0. The average Bonchev–Trinajstić information content (AvgIpc) is 2.52. The molecule has 0 spiro atoms. The summed E-state index contributed by atoms with van der Waals surface area (Å²) >= 11 is 0. The van der Waals surface area contributed by atoms with Gasteiger partial charge in [0.1, 0.15) is 12.4 Å². The first-order valence-corrected chi connectivity index (χ1v) is 6.53. The van der Waals surface area contributed by atoms with Crippen molar-refractivity contribution in [3.8, 4) is 5.75 Å². The number of aromatic nitrogens is 1. The van der Waals surface area contributed by atoms with Crippen LogP contribution < -0.4 is 0 Å². The summed E-state index contributed by atoms with van der Waals surface area (Å²) in [6.45, 7) is 0.142. The lowest BCUT2D eigenvalue weighted by molar-refractivity contribution is 0.0474. The van der Waals surface area contributed by atoms with Gasteiger partial charge in [-0.25, -0.2) is 4.79 Å². The average molecular weight is 279 g/mol. The largest absolute Gasteiger partial charge is 0.508 e. The summed E-state index contributed by atoms with van der Waals surface area (Å²) in [4.78, 5) is 16.3.